The maximum Gasteiger partial charge on any atom is 0.399 e. The predicted octanol–water partition coefficient (Wildman–Crippen LogP) is 4.54. The highest BCUT2D eigenvalue weighted by Gasteiger charge is 2.22. The summed E-state index contributed by atoms with van der Waals surface area (Å²) in [4.78, 5) is 25.8. The number of carbonyl (C=O) groups is 1. The summed E-state index contributed by atoms with van der Waals surface area (Å²) in [7, 11) is 2.88. The minimum atomic E-state index is -0.569. The molecule has 0 spiro atoms. The van der Waals surface area contributed by atoms with Crippen LogP contribution in [0.15, 0.2) is 28.9 Å². The quantitative estimate of drug-likeness (QED) is 0.314. The molecule has 0 saturated heterocycles. The Labute approximate surface area is 217 Å². The molecular weight excluding hydrogens is 476 g/mol. The van der Waals surface area contributed by atoms with Crippen molar-refractivity contribution in [2.24, 2.45) is 0 Å². The molecule has 0 aliphatic carbocycles. The summed E-state index contributed by atoms with van der Waals surface area (Å²) >= 11 is 0. The zero-order valence-corrected chi connectivity index (χ0v) is 22.7. The summed E-state index contributed by atoms with van der Waals surface area (Å²) in [5, 5.41) is 9.09. The van der Waals surface area contributed by atoms with Gasteiger partial charge in [0.1, 0.15) is 12.0 Å². The van der Waals surface area contributed by atoms with Crippen molar-refractivity contribution in [3.8, 4) is 23.6 Å². The number of ether oxygens (including phenoxy) is 3. The minimum absolute atomic E-state index is 0.00527. The zero-order valence-electron chi connectivity index (χ0n) is 22.7. The van der Waals surface area contributed by atoms with Crippen LogP contribution in [0.4, 0.5) is 11.6 Å². The molecule has 11 heteroatoms. The Morgan fingerprint density at radius 3 is 2.32 bits per heavy atom. The van der Waals surface area contributed by atoms with Crippen molar-refractivity contribution >= 4 is 17.5 Å². The first-order chi connectivity index (χ1) is 17.5. The fourth-order valence-electron chi connectivity index (χ4n) is 3.29. The lowest BCUT2D eigenvalue weighted by atomic mass is 9.86. The van der Waals surface area contributed by atoms with Crippen LogP contribution >= 0.6 is 0 Å². The molecule has 37 heavy (non-hydrogen) atoms. The highest BCUT2D eigenvalue weighted by molar-refractivity contribution is 6.04. The second-order valence-electron chi connectivity index (χ2n) is 9.76. The third-order valence-electron chi connectivity index (χ3n) is 5.40. The normalized spacial score (nSPS) is 11.4. The summed E-state index contributed by atoms with van der Waals surface area (Å²) < 4.78 is 22.0. The Kier molecular flexibility index (Phi) is 8.93. The van der Waals surface area contributed by atoms with Crippen LogP contribution in [0.5, 0.6) is 23.6 Å². The van der Waals surface area contributed by atoms with Crippen LogP contribution in [-0.4, -0.2) is 54.2 Å². The molecule has 0 bridgehead atoms. The average molecular weight is 513 g/mol. The van der Waals surface area contributed by atoms with Gasteiger partial charge in [-0.05, 0) is 29.5 Å². The number of nitrogens with zero attached hydrogens (tertiary/aromatic N) is 3. The summed E-state index contributed by atoms with van der Waals surface area (Å²) in [5.41, 5.74) is 2.14. The van der Waals surface area contributed by atoms with Crippen molar-refractivity contribution in [1.29, 1.82) is 0 Å². The highest BCUT2D eigenvalue weighted by atomic mass is 16.6. The van der Waals surface area contributed by atoms with Gasteiger partial charge in [0.15, 0.2) is 11.4 Å². The number of benzene rings is 1. The molecule has 200 valence electrons. The second kappa shape index (κ2) is 11.9. The van der Waals surface area contributed by atoms with Crippen LogP contribution in [0.1, 0.15) is 56.2 Å². The molecule has 11 nitrogen and oxygen atoms in total. The van der Waals surface area contributed by atoms with Crippen molar-refractivity contribution in [2.75, 3.05) is 37.9 Å². The number of hydrogen-bond donors (Lipinski definition) is 3. The van der Waals surface area contributed by atoms with E-state index in [1.54, 1.807) is 0 Å². The molecule has 3 rings (SSSR count). The van der Waals surface area contributed by atoms with Crippen LogP contribution in [0, 0.1) is 6.92 Å². The van der Waals surface area contributed by atoms with E-state index >= 15 is 0 Å². The van der Waals surface area contributed by atoms with Crippen LogP contribution in [0.25, 0.3) is 0 Å². The monoisotopic (exact) mass is 512 g/mol. The molecule has 0 saturated carbocycles. The lowest BCUT2D eigenvalue weighted by Crippen LogP contribution is -2.28. The minimum Gasteiger partial charge on any atom is -0.479 e. The third-order valence-corrected chi connectivity index (χ3v) is 5.40. The number of oxazole rings is 1. The number of aryl methyl sites for hydroxylation is 1. The molecule has 0 fully saturated rings. The molecular formula is C26H36N6O5. The average Bonchev–Trinajstić information content (AvgIpc) is 3.31. The van der Waals surface area contributed by atoms with Crippen LogP contribution in [-0.2, 0) is 5.41 Å². The molecule has 1 aromatic carbocycles. The first-order valence-electron chi connectivity index (χ1n) is 12.0. The van der Waals surface area contributed by atoms with Gasteiger partial charge in [-0.15, -0.1) is 0 Å². The lowest BCUT2D eigenvalue weighted by molar-refractivity contribution is 0.102. The molecule has 3 aromatic rings. The van der Waals surface area contributed by atoms with Gasteiger partial charge in [0.05, 0.1) is 14.2 Å². The van der Waals surface area contributed by atoms with E-state index in [0.29, 0.717) is 24.3 Å². The van der Waals surface area contributed by atoms with E-state index in [-0.39, 0.29) is 34.6 Å². The predicted molar refractivity (Wildman–Crippen MR) is 141 cm³/mol. The van der Waals surface area contributed by atoms with E-state index in [0.717, 1.165) is 17.7 Å². The van der Waals surface area contributed by atoms with Crippen molar-refractivity contribution in [3.05, 3.63) is 41.3 Å². The molecule has 2 heterocycles. The van der Waals surface area contributed by atoms with Gasteiger partial charge in [0.2, 0.25) is 17.7 Å². The van der Waals surface area contributed by atoms with Crippen molar-refractivity contribution in [2.45, 2.75) is 53.0 Å². The summed E-state index contributed by atoms with van der Waals surface area (Å²) in [6.07, 6.45) is 1.16. The lowest BCUT2D eigenvalue weighted by Gasteiger charge is -2.20. The van der Waals surface area contributed by atoms with Gasteiger partial charge < -0.3 is 34.6 Å². The third kappa shape index (κ3) is 7.32. The van der Waals surface area contributed by atoms with E-state index < -0.39 is 5.91 Å². The molecule has 3 N–H and O–H groups in total. The van der Waals surface area contributed by atoms with Gasteiger partial charge in [0, 0.05) is 19.1 Å². The summed E-state index contributed by atoms with van der Waals surface area (Å²) in [6.45, 7) is 13.7. The fourth-order valence-corrected chi connectivity index (χ4v) is 3.29. The molecule has 0 aliphatic heterocycles. The van der Waals surface area contributed by atoms with E-state index in [2.05, 4.69) is 71.6 Å². The van der Waals surface area contributed by atoms with E-state index in [1.807, 2.05) is 19.1 Å². The second-order valence-corrected chi connectivity index (χ2v) is 9.76. The van der Waals surface area contributed by atoms with Gasteiger partial charge >= 0.3 is 6.08 Å². The van der Waals surface area contributed by atoms with Gasteiger partial charge in [-0.2, -0.15) is 15.0 Å². The first kappa shape index (κ1) is 27.7. The van der Waals surface area contributed by atoms with Gasteiger partial charge in [-0.1, -0.05) is 46.8 Å². The molecule has 1 amide bonds. The summed E-state index contributed by atoms with van der Waals surface area (Å²) in [5.74, 6) is 0.607. The maximum absolute atomic E-state index is 12.9. The molecule has 0 unspecified atom stereocenters. The fraction of sp³-hybridized carbons (Fsp3) is 0.462. The molecule has 2 aromatic heterocycles. The van der Waals surface area contributed by atoms with Crippen molar-refractivity contribution in [3.63, 3.8) is 0 Å². The van der Waals surface area contributed by atoms with Gasteiger partial charge in [0.25, 0.3) is 5.91 Å². The Morgan fingerprint density at radius 2 is 1.73 bits per heavy atom. The number of carbonyl (C=O) groups excluding carboxylic acids is 1. The SMILES string of the molecule is COc1nc(NCCNC(C)C)nc(OC)c1NC(=O)c1coc(Oc2cc(C(C)(C)C)ccc2C)n1. The van der Waals surface area contributed by atoms with Crippen LogP contribution in [0.3, 0.4) is 0 Å². The number of aromatic nitrogens is 3. The molecule has 0 radical (unpaired) electrons. The summed E-state index contributed by atoms with van der Waals surface area (Å²) in [6, 6.07) is 6.35. The van der Waals surface area contributed by atoms with Gasteiger partial charge in [-0.3, -0.25) is 4.79 Å². The Morgan fingerprint density at radius 1 is 1.05 bits per heavy atom. The molecule has 0 atom stereocenters. The Hall–Kier alpha value is -3.86. The van der Waals surface area contributed by atoms with Crippen LogP contribution in [0.2, 0.25) is 0 Å². The van der Waals surface area contributed by atoms with Crippen LogP contribution < -0.4 is 30.2 Å². The van der Waals surface area contributed by atoms with E-state index in [9.17, 15) is 4.79 Å². The number of amides is 1. The molecule has 0 aliphatic rings. The Bertz CT molecular complexity index is 1190. The zero-order chi connectivity index (χ0) is 27.2. The highest BCUT2D eigenvalue weighted by Crippen LogP contribution is 2.34. The van der Waals surface area contributed by atoms with Crippen molar-refractivity contribution < 1.29 is 23.4 Å². The van der Waals surface area contributed by atoms with Gasteiger partial charge in [-0.25, -0.2) is 0 Å². The largest absolute Gasteiger partial charge is 0.479 e. The standard InChI is InChI=1S/C26H36N6O5/c1-15(2)27-11-12-28-24-31-22(34-7)20(23(32-24)35-8)30-21(33)18-14-36-25(29-18)37-19-13-17(26(4,5)6)10-9-16(19)3/h9-10,13-15,27H,11-12H2,1-8H3,(H,30,33)(H,28,31,32). The Balaban J connectivity index is 1.74. The topological polar surface area (TPSA) is 133 Å². The maximum atomic E-state index is 12.9. The number of rotatable bonds is 11. The number of anilines is 2. The van der Waals surface area contributed by atoms with E-state index in [1.165, 1.54) is 20.5 Å². The number of hydrogen-bond acceptors (Lipinski definition) is 10. The van der Waals surface area contributed by atoms with E-state index in [4.69, 9.17) is 18.6 Å². The first-order valence-corrected chi connectivity index (χ1v) is 12.0. The smallest absolute Gasteiger partial charge is 0.399 e. The number of nitrogens with one attached hydrogen (secondary N) is 3. The number of methoxy groups -OCH3 is 2. The van der Waals surface area contributed by atoms with Crippen molar-refractivity contribution in [1.82, 2.24) is 20.3 Å².